The Morgan fingerprint density at radius 1 is 0.607 bits per heavy atom. The zero-order valence-electron chi connectivity index (χ0n) is 14.3. The monoisotopic (exact) mass is 486 g/mol. The zero-order chi connectivity index (χ0) is 21.5. The molecule has 28 heavy (non-hydrogen) atoms. The van der Waals surface area contributed by atoms with Gasteiger partial charge in [-0.1, -0.05) is 0 Å². The third-order valence-electron chi connectivity index (χ3n) is 3.27. The third kappa shape index (κ3) is 6.23. The number of hydrogen-bond donors (Lipinski definition) is 2. The van der Waals surface area contributed by atoms with E-state index in [1.54, 1.807) is 0 Å². The van der Waals surface area contributed by atoms with Crippen LogP contribution in [0, 0.1) is 23.3 Å². The van der Waals surface area contributed by atoms with E-state index in [0.717, 1.165) is 23.5 Å². The van der Waals surface area contributed by atoms with Crippen LogP contribution in [-0.4, -0.2) is 74.8 Å². The molecule has 0 atom stereocenters. The molecule has 1 rings (SSSR count). The Bertz CT molecular complexity index is 788. The smallest absolute Gasteiger partial charge is 0.185 e. The van der Waals surface area contributed by atoms with Crippen LogP contribution in [0.2, 0.25) is 0 Å². The Labute approximate surface area is 168 Å². The van der Waals surface area contributed by atoms with Crippen LogP contribution in [0.5, 0.6) is 0 Å². The van der Waals surface area contributed by atoms with Crippen LogP contribution in [0.1, 0.15) is 0 Å². The molecule has 0 saturated heterocycles. The second-order valence-electron chi connectivity index (χ2n) is 5.22. The van der Waals surface area contributed by atoms with Crippen molar-refractivity contribution >= 4 is 43.2 Å². The van der Waals surface area contributed by atoms with E-state index in [9.17, 15) is 34.4 Å². The molecule has 0 aliphatic carbocycles. The van der Waals surface area contributed by atoms with E-state index in [4.69, 9.17) is 10.2 Å². The van der Waals surface area contributed by atoms with Crippen molar-refractivity contribution in [3.63, 3.8) is 0 Å². The van der Waals surface area contributed by atoms with Gasteiger partial charge >= 0.3 is 0 Å². The van der Waals surface area contributed by atoms with Crippen LogP contribution in [0.15, 0.2) is 9.79 Å². The highest BCUT2D eigenvalue weighted by atomic mass is 32.2. The summed E-state index contributed by atoms with van der Waals surface area (Å²) in [7, 11) is -9.59. The maximum Gasteiger partial charge on any atom is 0.185 e. The second kappa shape index (κ2) is 11.0. The molecule has 1 aromatic carbocycles. The minimum Gasteiger partial charge on any atom is -0.396 e. The molecule has 162 valence electrons. The fourth-order valence-corrected chi connectivity index (χ4v) is 7.24. The molecule has 0 unspecified atom stereocenters. The number of sulfone groups is 2. The summed E-state index contributed by atoms with van der Waals surface area (Å²) in [5.41, 5.74) is 0. The lowest BCUT2D eigenvalue weighted by molar-refractivity contribution is 0.322. The van der Waals surface area contributed by atoms with Gasteiger partial charge in [0.25, 0.3) is 0 Å². The first-order chi connectivity index (χ1) is 13.0. The van der Waals surface area contributed by atoms with Crippen LogP contribution >= 0.6 is 23.5 Å². The van der Waals surface area contributed by atoms with Gasteiger partial charge in [-0.3, -0.25) is 0 Å². The first kappa shape index (κ1) is 25.5. The average Bonchev–Trinajstić information content (AvgIpc) is 2.61. The van der Waals surface area contributed by atoms with E-state index >= 15 is 0 Å². The van der Waals surface area contributed by atoms with E-state index in [0.29, 0.717) is 0 Å². The van der Waals surface area contributed by atoms with Crippen LogP contribution in [0.3, 0.4) is 0 Å². The minimum atomic E-state index is -4.79. The molecule has 0 aromatic heterocycles. The molecule has 1 aromatic rings. The van der Waals surface area contributed by atoms with E-state index in [1.165, 1.54) is 0 Å². The van der Waals surface area contributed by atoms with Gasteiger partial charge < -0.3 is 10.2 Å². The number of rotatable bonds is 12. The molecule has 0 amide bonds. The molecule has 0 saturated carbocycles. The summed E-state index contributed by atoms with van der Waals surface area (Å²) in [5, 5.41) is 17.2. The van der Waals surface area contributed by atoms with Gasteiger partial charge in [0, 0.05) is 23.0 Å². The number of thioether (sulfide) groups is 2. The fourth-order valence-electron chi connectivity index (χ4n) is 2.01. The Morgan fingerprint density at radius 3 is 1.14 bits per heavy atom. The lowest BCUT2D eigenvalue weighted by Gasteiger charge is -2.13. The number of hydrogen-bond acceptors (Lipinski definition) is 8. The standard InChI is InChI=1S/C14H18F4O6S4/c15-9-11(17)14(28(23,24)8-6-26-4-2-20)12(18)10(16)13(9)27(21,22)7-5-25-3-1-19/h19-20H,1-8H2. The van der Waals surface area contributed by atoms with Crippen molar-refractivity contribution in [2.75, 3.05) is 47.7 Å². The maximum absolute atomic E-state index is 14.2. The lowest BCUT2D eigenvalue weighted by atomic mass is 10.3. The summed E-state index contributed by atoms with van der Waals surface area (Å²) in [4.78, 5) is -3.72. The van der Waals surface area contributed by atoms with E-state index in [1.807, 2.05) is 0 Å². The van der Waals surface area contributed by atoms with Gasteiger partial charge in [-0.15, -0.1) is 0 Å². The SMILES string of the molecule is O=S(=O)(CCSCCO)c1c(F)c(F)c(S(=O)(=O)CCSCCO)c(F)c1F. The summed E-state index contributed by atoms with van der Waals surface area (Å²) in [6, 6.07) is 0. The Balaban J connectivity index is 3.31. The molecule has 2 N–H and O–H groups in total. The van der Waals surface area contributed by atoms with Crippen molar-refractivity contribution in [3.05, 3.63) is 23.3 Å². The molecule has 0 fully saturated rings. The van der Waals surface area contributed by atoms with E-state index < -0.39 is 64.2 Å². The zero-order valence-corrected chi connectivity index (χ0v) is 17.6. The topological polar surface area (TPSA) is 109 Å². The molecular formula is C14H18F4O6S4. The highest BCUT2D eigenvalue weighted by molar-refractivity contribution is 8.01. The highest BCUT2D eigenvalue weighted by Gasteiger charge is 2.37. The van der Waals surface area contributed by atoms with Gasteiger partial charge in [0.15, 0.2) is 42.9 Å². The number of aliphatic hydroxyl groups excluding tert-OH is 2. The summed E-state index contributed by atoms with van der Waals surface area (Å²) in [6.45, 7) is -0.528. The van der Waals surface area contributed by atoms with Gasteiger partial charge in [0.1, 0.15) is 9.79 Å². The summed E-state index contributed by atoms with van der Waals surface area (Å²) >= 11 is 1.88. The highest BCUT2D eigenvalue weighted by Crippen LogP contribution is 2.32. The van der Waals surface area contributed by atoms with Gasteiger partial charge in [-0.05, 0) is 0 Å². The molecular weight excluding hydrogens is 468 g/mol. The van der Waals surface area contributed by atoms with Gasteiger partial charge in [0.05, 0.1) is 24.7 Å². The first-order valence-corrected chi connectivity index (χ1v) is 13.3. The predicted molar refractivity (Wildman–Crippen MR) is 99.2 cm³/mol. The minimum absolute atomic E-state index is 0.148. The quantitative estimate of drug-likeness (QED) is 0.258. The van der Waals surface area contributed by atoms with Gasteiger partial charge in [-0.2, -0.15) is 23.5 Å². The first-order valence-electron chi connectivity index (χ1n) is 7.70. The van der Waals surface area contributed by atoms with Crippen LogP contribution in [0.4, 0.5) is 17.6 Å². The predicted octanol–water partition coefficient (Wildman–Crippen LogP) is 1.24. The van der Waals surface area contributed by atoms with Crippen molar-refractivity contribution in [2.24, 2.45) is 0 Å². The normalized spacial score (nSPS) is 12.5. The molecule has 6 nitrogen and oxygen atoms in total. The summed E-state index contributed by atoms with van der Waals surface area (Å²) in [6.07, 6.45) is 0. The van der Waals surface area contributed by atoms with Crippen molar-refractivity contribution in [1.82, 2.24) is 0 Å². The van der Waals surface area contributed by atoms with Gasteiger partial charge in [-0.25, -0.2) is 34.4 Å². The number of aliphatic hydroxyl groups is 2. The summed E-state index contributed by atoms with van der Waals surface area (Å²) in [5.74, 6) is -11.0. The molecule has 0 heterocycles. The Morgan fingerprint density at radius 2 is 0.893 bits per heavy atom. The van der Waals surface area contributed by atoms with Crippen molar-refractivity contribution in [2.45, 2.75) is 9.79 Å². The average molecular weight is 487 g/mol. The molecule has 0 bridgehead atoms. The van der Waals surface area contributed by atoms with Crippen LogP contribution in [0.25, 0.3) is 0 Å². The van der Waals surface area contributed by atoms with Crippen LogP contribution < -0.4 is 0 Å². The Kier molecular flexibility index (Phi) is 10.0. The molecule has 0 spiro atoms. The lowest BCUT2D eigenvalue weighted by Crippen LogP contribution is -2.21. The molecule has 14 heteroatoms. The third-order valence-corrected chi connectivity index (χ3v) is 9.16. The number of halogens is 4. The van der Waals surface area contributed by atoms with Crippen molar-refractivity contribution in [1.29, 1.82) is 0 Å². The molecule has 0 aliphatic heterocycles. The van der Waals surface area contributed by atoms with Crippen molar-refractivity contribution < 1.29 is 44.6 Å². The largest absolute Gasteiger partial charge is 0.396 e. The summed E-state index contributed by atoms with van der Waals surface area (Å²) < 4.78 is 105. The van der Waals surface area contributed by atoms with Gasteiger partial charge in [0.2, 0.25) is 0 Å². The van der Waals surface area contributed by atoms with E-state index in [2.05, 4.69) is 0 Å². The number of benzene rings is 1. The van der Waals surface area contributed by atoms with Crippen molar-refractivity contribution in [3.8, 4) is 0 Å². The second-order valence-corrected chi connectivity index (χ2v) is 11.8. The fraction of sp³-hybridized carbons (Fsp3) is 0.571. The van der Waals surface area contributed by atoms with E-state index in [-0.39, 0.29) is 36.2 Å². The van der Waals surface area contributed by atoms with Crippen LogP contribution in [-0.2, 0) is 19.7 Å². The maximum atomic E-state index is 14.2. The molecule has 0 radical (unpaired) electrons. The molecule has 0 aliphatic rings. The Hall–Kier alpha value is -0.540.